The number of esters is 1. The molecule has 0 fully saturated rings. The van der Waals surface area contributed by atoms with Crippen molar-refractivity contribution in [3.63, 3.8) is 0 Å². The smallest absolute Gasteiger partial charge is 0.338 e. The van der Waals surface area contributed by atoms with Gasteiger partial charge in [-0.05, 0) is 38.0 Å². The number of amides is 2. The summed E-state index contributed by atoms with van der Waals surface area (Å²) in [6.07, 6.45) is 0. The highest BCUT2D eigenvalue weighted by Crippen LogP contribution is 2.33. The summed E-state index contributed by atoms with van der Waals surface area (Å²) in [6.45, 7) is 5.91. The highest BCUT2D eigenvalue weighted by atomic mass is 32.2. The van der Waals surface area contributed by atoms with E-state index in [4.69, 9.17) is 9.72 Å². The summed E-state index contributed by atoms with van der Waals surface area (Å²) in [5.41, 5.74) is 6.16. The number of carbonyl (C=O) groups is 2. The molecule has 0 saturated heterocycles. The van der Waals surface area contributed by atoms with Crippen LogP contribution in [0.3, 0.4) is 0 Å². The predicted octanol–water partition coefficient (Wildman–Crippen LogP) is 4.10. The first-order chi connectivity index (χ1) is 17.4. The Labute approximate surface area is 212 Å². The Bertz CT molecular complexity index is 1540. The van der Waals surface area contributed by atoms with Gasteiger partial charge in [-0.2, -0.15) is 0 Å². The molecule has 2 N–H and O–H groups in total. The van der Waals surface area contributed by atoms with Crippen molar-refractivity contribution in [2.45, 2.75) is 32.0 Å². The number of ether oxygens (including phenoxy) is 1. The van der Waals surface area contributed by atoms with E-state index in [9.17, 15) is 9.59 Å². The second-order valence-corrected chi connectivity index (χ2v) is 9.58. The molecule has 0 spiro atoms. The standard InChI is InChI=1S/C26H26N6O3S/c1-5-35-24(33)20-18(27-25(34)28-21(20)17-12-14(2)10-11-15(17)3)13-36-26-29-23-22(30-31-26)16-8-6-7-9-19(16)32(23)4/h6-12,21H,5,13H2,1-4H3,(H2,27,28,34)/t21-/m1/s1. The van der Waals surface area contributed by atoms with Gasteiger partial charge in [0.1, 0.15) is 5.52 Å². The lowest BCUT2D eigenvalue weighted by Gasteiger charge is -2.30. The second kappa shape index (κ2) is 9.62. The number of aromatic nitrogens is 4. The van der Waals surface area contributed by atoms with E-state index in [-0.39, 0.29) is 18.4 Å². The lowest BCUT2D eigenvalue weighted by atomic mass is 9.91. The largest absolute Gasteiger partial charge is 0.463 e. The summed E-state index contributed by atoms with van der Waals surface area (Å²) in [5.74, 6) is -0.213. The van der Waals surface area contributed by atoms with Crippen LogP contribution in [0, 0.1) is 13.8 Å². The van der Waals surface area contributed by atoms with Crippen LogP contribution in [0.1, 0.15) is 29.7 Å². The van der Waals surface area contributed by atoms with Gasteiger partial charge in [0.25, 0.3) is 0 Å². The van der Waals surface area contributed by atoms with Gasteiger partial charge >= 0.3 is 12.0 Å². The van der Waals surface area contributed by atoms with Crippen molar-refractivity contribution in [2.24, 2.45) is 7.05 Å². The third-order valence-corrected chi connectivity index (χ3v) is 7.09. The van der Waals surface area contributed by atoms with Crippen LogP contribution in [-0.4, -0.2) is 44.1 Å². The highest BCUT2D eigenvalue weighted by Gasteiger charge is 2.34. The summed E-state index contributed by atoms with van der Waals surface area (Å²) in [7, 11) is 1.94. The molecule has 5 rings (SSSR count). The number of nitrogens with zero attached hydrogens (tertiary/aromatic N) is 4. The SMILES string of the molecule is CCOC(=O)C1=C(CSc2nnc3c4ccccc4n(C)c3n2)NC(=O)N[C@@H]1c1cc(C)ccc1C. The number of hydrogen-bond donors (Lipinski definition) is 2. The minimum atomic E-state index is -0.631. The molecular formula is C26H26N6O3S. The summed E-state index contributed by atoms with van der Waals surface area (Å²) < 4.78 is 7.37. The van der Waals surface area contributed by atoms with Crippen LogP contribution in [0.5, 0.6) is 0 Å². The number of urea groups is 1. The van der Waals surface area contributed by atoms with Crippen LogP contribution in [0.25, 0.3) is 22.1 Å². The second-order valence-electron chi connectivity index (χ2n) is 8.64. The molecular weight excluding hydrogens is 476 g/mol. The van der Waals surface area contributed by atoms with Crippen molar-refractivity contribution in [1.82, 2.24) is 30.4 Å². The van der Waals surface area contributed by atoms with E-state index in [1.165, 1.54) is 11.8 Å². The molecule has 4 aromatic rings. The Morgan fingerprint density at radius 1 is 1.17 bits per heavy atom. The molecule has 0 unspecified atom stereocenters. The first-order valence-electron chi connectivity index (χ1n) is 11.6. The molecule has 0 bridgehead atoms. The van der Waals surface area contributed by atoms with Gasteiger partial charge in [-0.15, -0.1) is 10.2 Å². The third-order valence-electron chi connectivity index (χ3n) is 6.23. The van der Waals surface area contributed by atoms with Gasteiger partial charge in [-0.25, -0.2) is 14.6 Å². The Morgan fingerprint density at radius 2 is 1.97 bits per heavy atom. The van der Waals surface area contributed by atoms with Gasteiger partial charge < -0.3 is 19.9 Å². The van der Waals surface area contributed by atoms with Gasteiger partial charge in [0.15, 0.2) is 5.65 Å². The number of para-hydroxylation sites is 1. The van der Waals surface area contributed by atoms with Crippen molar-refractivity contribution in [3.05, 3.63) is 70.4 Å². The Balaban J connectivity index is 1.52. The number of rotatable bonds is 6. The monoisotopic (exact) mass is 502 g/mol. The maximum atomic E-state index is 13.1. The van der Waals surface area contributed by atoms with Crippen LogP contribution in [0.15, 0.2) is 58.9 Å². The summed E-state index contributed by atoms with van der Waals surface area (Å²) in [4.78, 5) is 30.5. The van der Waals surface area contributed by atoms with E-state index in [1.807, 2.05) is 67.9 Å². The molecule has 10 heteroatoms. The molecule has 1 aliphatic rings. The minimum Gasteiger partial charge on any atom is -0.463 e. The lowest BCUT2D eigenvalue weighted by Crippen LogP contribution is -2.46. The lowest BCUT2D eigenvalue weighted by molar-refractivity contribution is -0.139. The Morgan fingerprint density at radius 3 is 2.78 bits per heavy atom. The first-order valence-corrected chi connectivity index (χ1v) is 12.6. The van der Waals surface area contributed by atoms with Gasteiger partial charge in [-0.1, -0.05) is 53.7 Å². The first kappa shape index (κ1) is 23.8. The zero-order valence-electron chi connectivity index (χ0n) is 20.5. The average molecular weight is 503 g/mol. The molecule has 2 amide bonds. The van der Waals surface area contributed by atoms with Gasteiger partial charge in [0, 0.05) is 23.9 Å². The van der Waals surface area contributed by atoms with E-state index >= 15 is 0 Å². The van der Waals surface area contributed by atoms with Crippen LogP contribution >= 0.6 is 11.8 Å². The van der Waals surface area contributed by atoms with Gasteiger partial charge in [-0.3, -0.25) is 0 Å². The zero-order chi connectivity index (χ0) is 25.4. The molecule has 2 aromatic heterocycles. The average Bonchev–Trinajstić information content (AvgIpc) is 3.15. The number of hydrogen-bond acceptors (Lipinski definition) is 7. The van der Waals surface area contributed by atoms with Crippen LogP contribution < -0.4 is 10.6 Å². The summed E-state index contributed by atoms with van der Waals surface area (Å²) in [6, 6.07) is 12.9. The fraction of sp³-hybridized carbons (Fsp3) is 0.269. The van der Waals surface area contributed by atoms with Crippen LogP contribution in [-0.2, 0) is 16.6 Å². The highest BCUT2D eigenvalue weighted by molar-refractivity contribution is 7.99. The van der Waals surface area contributed by atoms with E-state index in [2.05, 4.69) is 20.8 Å². The van der Waals surface area contributed by atoms with Crippen LogP contribution in [0.2, 0.25) is 0 Å². The summed E-state index contributed by atoms with van der Waals surface area (Å²) >= 11 is 1.30. The number of nitrogens with one attached hydrogen (secondary N) is 2. The van der Waals surface area contributed by atoms with Gasteiger partial charge in [0.2, 0.25) is 5.16 Å². The van der Waals surface area contributed by atoms with Crippen LogP contribution in [0.4, 0.5) is 4.79 Å². The molecule has 0 aliphatic carbocycles. The van der Waals surface area contributed by atoms with Gasteiger partial charge in [0.05, 0.1) is 23.7 Å². The number of benzene rings is 2. The minimum absolute atomic E-state index is 0.223. The van der Waals surface area contributed by atoms with E-state index < -0.39 is 12.0 Å². The third kappa shape index (κ3) is 4.28. The molecule has 3 heterocycles. The van der Waals surface area contributed by atoms with E-state index in [0.717, 1.165) is 38.8 Å². The van der Waals surface area contributed by atoms with E-state index in [0.29, 0.717) is 16.4 Å². The molecule has 184 valence electrons. The Kier molecular flexibility index (Phi) is 6.36. The normalized spacial score (nSPS) is 15.8. The number of carbonyl (C=O) groups excluding carboxylic acids is 2. The quantitative estimate of drug-likeness (QED) is 0.302. The summed E-state index contributed by atoms with van der Waals surface area (Å²) in [5, 5.41) is 15.9. The maximum Gasteiger partial charge on any atom is 0.338 e. The number of thioether (sulfide) groups is 1. The predicted molar refractivity (Wildman–Crippen MR) is 139 cm³/mol. The van der Waals surface area contributed by atoms with E-state index in [1.54, 1.807) is 6.92 Å². The fourth-order valence-electron chi connectivity index (χ4n) is 4.48. The van der Waals surface area contributed by atoms with Crippen molar-refractivity contribution in [2.75, 3.05) is 12.4 Å². The Hall–Kier alpha value is -3.92. The van der Waals surface area contributed by atoms with Crippen molar-refractivity contribution in [3.8, 4) is 0 Å². The van der Waals surface area contributed by atoms with Crippen molar-refractivity contribution in [1.29, 1.82) is 0 Å². The topological polar surface area (TPSA) is 111 Å². The zero-order valence-corrected chi connectivity index (χ0v) is 21.3. The number of fused-ring (bicyclic) bond motifs is 3. The molecule has 1 aliphatic heterocycles. The molecule has 1 atom stereocenters. The molecule has 2 aromatic carbocycles. The van der Waals surface area contributed by atoms with Crippen molar-refractivity contribution >= 4 is 45.8 Å². The van der Waals surface area contributed by atoms with Crippen molar-refractivity contribution < 1.29 is 14.3 Å². The number of aryl methyl sites for hydroxylation is 3. The maximum absolute atomic E-state index is 13.1. The molecule has 36 heavy (non-hydrogen) atoms. The fourth-order valence-corrected chi connectivity index (χ4v) is 5.23. The molecule has 0 saturated carbocycles. The molecule has 9 nitrogen and oxygen atoms in total. The molecule has 0 radical (unpaired) electrons.